The molecule has 0 aromatic carbocycles. The molecule has 1 rings (SSSR count). The van der Waals surface area contributed by atoms with Gasteiger partial charge in [-0.15, -0.1) is 0 Å². The average molecular weight is 184 g/mol. The quantitative estimate of drug-likeness (QED) is 0.654. The second-order valence-corrected chi connectivity index (χ2v) is 2.89. The van der Waals surface area contributed by atoms with Gasteiger partial charge < -0.3 is 9.84 Å². The number of nitrogens with one attached hydrogen (secondary N) is 1. The van der Waals surface area contributed by atoms with Crippen molar-refractivity contribution in [2.75, 3.05) is 13.2 Å². The topological polar surface area (TPSA) is 58.1 Å². The van der Waals surface area contributed by atoms with E-state index in [1.165, 1.54) is 0 Å². The van der Waals surface area contributed by atoms with Gasteiger partial charge in [0.2, 0.25) is 0 Å². The second kappa shape index (κ2) is 5.72. The van der Waals surface area contributed by atoms with E-state index in [2.05, 4.69) is 10.2 Å². The van der Waals surface area contributed by atoms with Gasteiger partial charge in [-0.2, -0.15) is 5.10 Å². The summed E-state index contributed by atoms with van der Waals surface area (Å²) in [5.41, 5.74) is 0.844. The van der Waals surface area contributed by atoms with Crippen LogP contribution in [0, 0.1) is 0 Å². The third-order valence-electron chi connectivity index (χ3n) is 1.87. The average Bonchev–Trinajstić information content (AvgIpc) is 2.65. The minimum absolute atomic E-state index is 0.417. The molecule has 2 N–H and O–H groups in total. The zero-order chi connectivity index (χ0) is 9.52. The minimum Gasteiger partial charge on any atom is -0.388 e. The Morgan fingerprint density at radius 1 is 1.69 bits per heavy atom. The van der Waals surface area contributed by atoms with Crippen molar-refractivity contribution in [1.29, 1.82) is 0 Å². The molecule has 4 heteroatoms. The first-order valence-electron chi connectivity index (χ1n) is 4.59. The predicted molar refractivity (Wildman–Crippen MR) is 49.3 cm³/mol. The molecule has 0 amide bonds. The lowest BCUT2D eigenvalue weighted by Crippen LogP contribution is -1.99. The molecule has 0 saturated heterocycles. The molecule has 0 aliphatic carbocycles. The molecular weight excluding hydrogens is 168 g/mol. The van der Waals surface area contributed by atoms with Crippen molar-refractivity contribution in [2.24, 2.45) is 0 Å². The van der Waals surface area contributed by atoms with Gasteiger partial charge in [-0.05, 0) is 19.8 Å². The van der Waals surface area contributed by atoms with Crippen LogP contribution in [0.5, 0.6) is 0 Å². The normalized spacial score (nSPS) is 13.1. The first kappa shape index (κ1) is 10.2. The van der Waals surface area contributed by atoms with E-state index in [0.29, 0.717) is 6.61 Å². The summed E-state index contributed by atoms with van der Waals surface area (Å²) in [4.78, 5) is 0. The van der Waals surface area contributed by atoms with Gasteiger partial charge in [0.25, 0.3) is 0 Å². The summed E-state index contributed by atoms with van der Waals surface area (Å²) in [6.45, 7) is 3.42. The lowest BCUT2D eigenvalue weighted by Gasteiger charge is -2.07. The van der Waals surface area contributed by atoms with Crippen LogP contribution in [-0.2, 0) is 4.74 Å². The van der Waals surface area contributed by atoms with Crippen molar-refractivity contribution in [3.63, 3.8) is 0 Å². The highest BCUT2D eigenvalue weighted by atomic mass is 16.5. The summed E-state index contributed by atoms with van der Waals surface area (Å²) < 4.78 is 5.17. The summed E-state index contributed by atoms with van der Waals surface area (Å²) in [5.74, 6) is 0. The Bertz CT molecular complexity index is 211. The van der Waals surface area contributed by atoms with E-state index in [-0.39, 0.29) is 0 Å². The van der Waals surface area contributed by atoms with Crippen molar-refractivity contribution >= 4 is 0 Å². The first-order chi connectivity index (χ1) is 6.34. The van der Waals surface area contributed by atoms with Gasteiger partial charge in [0.05, 0.1) is 12.3 Å². The molecule has 13 heavy (non-hydrogen) atoms. The van der Waals surface area contributed by atoms with Crippen LogP contribution in [0.1, 0.15) is 31.4 Å². The molecule has 1 atom stereocenters. The summed E-state index contributed by atoms with van der Waals surface area (Å²) >= 11 is 0. The molecule has 1 unspecified atom stereocenters. The molecule has 0 fully saturated rings. The maximum Gasteiger partial charge on any atom is 0.0821 e. The highest BCUT2D eigenvalue weighted by Gasteiger charge is 2.07. The monoisotopic (exact) mass is 184 g/mol. The minimum atomic E-state index is -0.417. The van der Waals surface area contributed by atoms with Crippen LogP contribution in [0.3, 0.4) is 0 Å². The number of hydrogen-bond donors (Lipinski definition) is 2. The van der Waals surface area contributed by atoms with E-state index in [0.717, 1.165) is 25.0 Å². The number of aromatic amines is 1. The summed E-state index contributed by atoms with van der Waals surface area (Å²) in [7, 11) is 0. The summed E-state index contributed by atoms with van der Waals surface area (Å²) in [5, 5.41) is 16.0. The number of H-pyrrole nitrogens is 1. The second-order valence-electron chi connectivity index (χ2n) is 2.89. The highest BCUT2D eigenvalue weighted by molar-refractivity contribution is 5.06. The number of aliphatic hydroxyl groups is 1. The number of hydrogen-bond acceptors (Lipinski definition) is 3. The maximum atomic E-state index is 9.59. The fourth-order valence-corrected chi connectivity index (χ4v) is 1.13. The van der Waals surface area contributed by atoms with Crippen LogP contribution in [-0.4, -0.2) is 28.5 Å². The predicted octanol–water partition coefficient (Wildman–Crippen LogP) is 1.26. The smallest absolute Gasteiger partial charge is 0.0821 e. The standard InChI is InChI=1S/C9H16N2O2/c1-2-13-5-3-4-9(12)8-6-10-11-7-8/h6-7,9,12H,2-5H2,1H3,(H,10,11). The molecule has 1 aromatic rings. The Hall–Kier alpha value is -0.870. The van der Waals surface area contributed by atoms with Gasteiger partial charge >= 0.3 is 0 Å². The zero-order valence-corrected chi connectivity index (χ0v) is 7.86. The summed E-state index contributed by atoms with van der Waals surface area (Å²) in [6.07, 6.45) is 4.54. The van der Waals surface area contributed by atoms with Gasteiger partial charge in [0, 0.05) is 25.0 Å². The first-order valence-corrected chi connectivity index (χ1v) is 4.59. The maximum absolute atomic E-state index is 9.59. The molecule has 0 aliphatic rings. The number of rotatable bonds is 6. The van der Waals surface area contributed by atoms with Crippen molar-refractivity contribution in [3.05, 3.63) is 18.0 Å². The van der Waals surface area contributed by atoms with Crippen LogP contribution in [0.15, 0.2) is 12.4 Å². The van der Waals surface area contributed by atoms with E-state index in [1.807, 2.05) is 6.92 Å². The third-order valence-corrected chi connectivity index (χ3v) is 1.87. The molecule has 74 valence electrons. The highest BCUT2D eigenvalue weighted by Crippen LogP contribution is 2.15. The fraction of sp³-hybridized carbons (Fsp3) is 0.667. The Morgan fingerprint density at radius 2 is 2.54 bits per heavy atom. The Labute approximate surface area is 77.9 Å². The van der Waals surface area contributed by atoms with Crippen LogP contribution < -0.4 is 0 Å². The van der Waals surface area contributed by atoms with Crippen molar-refractivity contribution in [1.82, 2.24) is 10.2 Å². The number of ether oxygens (including phenoxy) is 1. The Morgan fingerprint density at radius 3 is 3.15 bits per heavy atom. The number of aliphatic hydroxyl groups excluding tert-OH is 1. The Kier molecular flexibility index (Phi) is 4.49. The van der Waals surface area contributed by atoms with E-state index < -0.39 is 6.10 Å². The molecule has 0 aliphatic heterocycles. The molecule has 0 saturated carbocycles. The van der Waals surface area contributed by atoms with Gasteiger partial charge in [-0.3, -0.25) is 5.10 Å². The lowest BCUT2D eigenvalue weighted by atomic mass is 10.1. The van der Waals surface area contributed by atoms with E-state index >= 15 is 0 Å². The third kappa shape index (κ3) is 3.57. The summed E-state index contributed by atoms with van der Waals surface area (Å²) in [6, 6.07) is 0. The van der Waals surface area contributed by atoms with Crippen LogP contribution in [0.2, 0.25) is 0 Å². The van der Waals surface area contributed by atoms with Gasteiger partial charge in [-0.1, -0.05) is 0 Å². The van der Waals surface area contributed by atoms with Gasteiger partial charge in [-0.25, -0.2) is 0 Å². The molecule has 0 bridgehead atoms. The van der Waals surface area contributed by atoms with E-state index in [9.17, 15) is 5.11 Å². The fourth-order valence-electron chi connectivity index (χ4n) is 1.13. The van der Waals surface area contributed by atoms with Crippen molar-refractivity contribution < 1.29 is 9.84 Å². The van der Waals surface area contributed by atoms with Crippen molar-refractivity contribution in [2.45, 2.75) is 25.9 Å². The molecule has 4 nitrogen and oxygen atoms in total. The lowest BCUT2D eigenvalue weighted by molar-refractivity contribution is 0.114. The molecule has 0 spiro atoms. The molecule has 1 aromatic heterocycles. The number of aromatic nitrogens is 2. The van der Waals surface area contributed by atoms with Gasteiger partial charge in [0.15, 0.2) is 0 Å². The van der Waals surface area contributed by atoms with Crippen LogP contribution in [0.4, 0.5) is 0 Å². The molecule has 0 radical (unpaired) electrons. The largest absolute Gasteiger partial charge is 0.388 e. The van der Waals surface area contributed by atoms with Gasteiger partial charge in [0.1, 0.15) is 0 Å². The molecular formula is C9H16N2O2. The van der Waals surface area contributed by atoms with Crippen molar-refractivity contribution in [3.8, 4) is 0 Å². The van der Waals surface area contributed by atoms with Crippen LogP contribution in [0.25, 0.3) is 0 Å². The number of nitrogens with zero attached hydrogens (tertiary/aromatic N) is 1. The van der Waals surface area contributed by atoms with E-state index in [1.54, 1.807) is 12.4 Å². The van der Waals surface area contributed by atoms with Crippen LogP contribution >= 0.6 is 0 Å². The van der Waals surface area contributed by atoms with E-state index in [4.69, 9.17) is 4.74 Å². The molecule has 1 heterocycles. The zero-order valence-electron chi connectivity index (χ0n) is 7.86. The SMILES string of the molecule is CCOCCCC(O)c1cn[nH]c1. The Balaban J connectivity index is 2.15.